The average molecular weight is 582 g/mol. The van der Waals surface area contributed by atoms with Crippen LogP contribution in [0.15, 0.2) is 82.9 Å². The number of aromatic nitrogens is 6. The van der Waals surface area contributed by atoms with Gasteiger partial charge in [0.15, 0.2) is 17.3 Å². The summed E-state index contributed by atoms with van der Waals surface area (Å²) >= 11 is 0. The molecule has 214 valence electrons. The molecule has 0 unspecified atom stereocenters. The highest BCUT2D eigenvalue weighted by atomic mass is 32.2. The maximum Gasteiger partial charge on any atom is 0.278 e. The van der Waals surface area contributed by atoms with Crippen molar-refractivity contribution in [1.29, 1.82) is 0 Å². The second-order valence-corrected chi connectivity index (χ2v) is 13.1. The lowest BCUT2D eigenvalue weighted by molar-refractivity contribution is 0.313. The van der Waals surface area contributed by atoms with Crippen LogP contribution in [0.1, 0.15) is 11.1 Å². The molecule has 12 heteroatoms. The number of hydrogen-bond donors (Lipinski definition) is 1. The standard InChI is InChI=1S/C30H31N9O2S/c1-5-13-38-29(40)25-18-32-30(35-28(25)39(38)27-10-6-9-26(34-27)36-42(3,4)41)33-22-15-21-19-37(2)14-11-23(21)24(16-22)20-8-7-12-31-17-20/h5-10,12,15-18H,1,11,13-14,19H2,2-4H3,(H,32,33,35). The minimum Gasteiger partial charge on any atom is -0.324 e. The molecule has 1 N–H and O–H groups in total. The normalized spacial score (nSPS) is 13.6. The zero-order chi connectivity index (χ0) is 29.4. The minimum absolute atomic E-state index is 0.228. The first-order valence-corrected chi connectivity index (χ1v) is 15.8. The molecule has 0 saturated carbocycles. The zero-order valence-corrected chi connectivity index (χ0v) is 24.5. The van der Waals surface area contributed by atoms with E-state index in [1.165, 1.54) is 22.0 Å². The number of benzene rings is 1. The number of hydrogen-bond acceptors (Lipinski definition) is 9. The maximum atomic E-state index is 13.4. The van der Waals surface area contributed by atoms with E-state index >= 15 is 0 Å². The van der Waals surface area contributed by atoms with Crippen molar-refractivity contribution >= 4 is 38.2 Å². The molecule has 0 saturated heterocycles. The van der Waals surface area contributed by atoms with Gasteiger partial charge in [-0.25, -0.2) is 23.5 Å². The first-order chi connectivity index (χ1) is 20.2. The summed E-state index contributed by atoms with van der Waals surface area (Å²) in [4.78, 5) is 33.9. The number of fused-ring (bicyclic) bond motifs is 2. The summed E-state index contributed by atoms with van der Waals surface area (Å²) in [5, 5.41) is 3.71. The van der Waals surface area contributed by atoms with E-state index in [-0.39, 0.29) is 12.1 Å². The Kier molecular flexibility index (Phi) is 7.17. The Morgan fingerprint density at radius 2 is 2.00 bits per heavy atom. The first kappa shape index (κ1) is 27.5. The van der Waals surface area contributed by atoms with Crippen LogP contribution < -0.4 is 10.9 Å². The third kappa shape index (κ3) is 5.46. The summed E-state index contributed by atoms with van der Waals surface area (Å²) in [6, 6.07) is 13.4. The smallest absolute Gasteiger partial charge is 0.278 e. The molecule has 5 aromatic rings. The molecule has 0 aliphatic carbocycles. The van der Waals surface area contributed by atoms with Gasteiger partial charge in [-0.3, -0.25) is 9.78 Å². The summed E-state index contributed by atoms with van der Waals surface area (Å²) in [6.07, 6.45) is 10.8. The topological polar surface area (TPSA) is 123 Å². The van der Waals surface area contributed by atoms with Crippen LogP contribution in [0, 0.1) is 0 Å². The van der Waals surface area contributed by atoms with E-state index in [9.17, 15) is 9.00 Å². The molecular weight excluding hydrogens is 550 g/mol. The fourth-order valence-electron chi connectivity index (χ4n) is 5.24. The molecule has 5 heterocycles. The number of nitrogens with zero attached hydrogens (tertiary/aromatic N) is 8. The van der Waals surface area contributed by atoms with Gasteiger partial charge in [-0.2, -0.15) is 9.35 Å². The van der Waals surface area contributed by atoms with Crippen LogP contribution in [0.4, 0.5) is 17.5 Å². The largest absolute Gasteiger partial charge is 0.324 e. The van der Waals surface area contributed by atoms with Crippen LogP contribution in [0.3, 0.4) is 0 Å². The Morgan fingerprint density at radius 3 is 2.76 bits per heavy atom. The van der Waals surface area contributed by atoms with Crippen molar-refractivity contribution in [3.63, 3.8) is 0 Å². The monoisotopic (exact) mass is 581 g/mol. The maximum absolute atomic E-state index is 13.4. The molecule has 6 rings (SSSR count). The molecule has 1 aliphatic rings. The van der Waals surface area contributed by atoms with Gasteiger partial charge in [0.25, 0.3) is 5.56 Å². The van der Waals surface area contributed by atoms with E-state index in [1.807, 2.05) is 12.3 Å². The van der Waals surface area contributed by atoms with Crippen LogP contribution in [0.2, 0.25) is 0 Å². The van der Waals surface area contributed by atoms with Crippen molar-refractivity contribution in [2.45, 2.75) is 19.5 Å². The fraction of sp³-hybridized carbons (Fsp3) is 0.233. The average Bonchev–Trinajstić information content (AvgIpc) is 3.22. The second kappa shape index (κ2) is 11.0. The Hall–Kier alpha value is -4.68. The third-order valence-electron chi connectivity index (χ3n) is 6.98. The van der Waals surface area contributed by atoms with Gasteiger partial charge in [-0.15, -0.1) is 6.58 Å². The van der Waals surface area contributed by atoms with Crippen molar-refractivity contribution in [3.05, 3.63) is 95.2 Å². The molecule has 1 aromatic carbocycles. The van der Waals surface area contributed by atoms with Crippen molar-refractivity contribution in [2.24, 2.45) is 4.36 Å². The Balaban J connectivity index is 1.48. The second-order valence-electron chi connectivity index (χ2n) is 10.6. The summed E-state index contributed by atoms with van der Waals surface area (Å²) in [5.41, 5.74) is 5.66. The van der Waals surface area contributed by atoms with Gasteiger partial charge in [-0.05, 0) is 60.5 Å². The lowest BCUT2D eigenvalue weighted by Gasteiger charge is -2.28. The van der Waals surface area contributed by atoms with E-state index in [1.54, 1.807) is 47.7 Å². The molecule has 11 nitrogen and oxygen atoms in total. The molecular formula is C30H31N9O2S. The molecule has 0 bridgehead atoms. The van der Waals surface area contributed by atoms with Gasteiger partial charge >= 0.3 is 0 Å². The summed E-state index contributed by atoms with van der Waals surface area (Å²) < 4.78 is 19.7. The molecule has 0 fully saturated rings. The molecule has 4 aromatic heterocycles. The van der Waals surface area contributed by atoms with Crippen molar-refractivity contribution in [1.82, 2.24) is 34.2 Å². The van der Waals surface area contributed by atoms with Gasteiger partial charge < -0.3 is 10.2 Å². The third-order valence-corrected chi connectivity index (χ3v) is 7.61. The Labute approximate surface area is 243 Å². The number of likely N-dealkylation sites (N-methyl/N-ethyl adjacent to an activating group) is 1. The minimum atomic E-state index is -2.43. The Morgan fingerprint density at radius 1 is 1.14 bits per heavy atom. The number of anilines is 2. The van der Waals surface area contributed by atoms with Crippen LogP contribution in [-0.2, 0) is 29.2 Å². The number of rotatable bonds is 7. The molecule has 42 heavy (non-hydrogen) atoms. The van der Waals surface area contributed by atoms with Crippen molar-refractivity contribution < 1.29 is 4.21 Å². The van der Waals surface area contributed by atoms with Crippen LogP contribution in [0.5, 0.6) is 0 Å². The Bertz CT molecular complexity index is 2000. The lowest BCUT2D eigenvalue weighted by atomic mass is 9.90. The summed E-state index contributed by atoms with van der Waals surface area (Å²) in [6.45, 7) is 5.86. The summed E-state index contributed by atoms with van der Waals surface area (Å²) in [7, 11) is -0.315. The molecule has 0 spiro atoms. The van der Waals surface area contributed by atoms with Crippen molar-refractivity contribution in [3.8, 4) is 16.9 Å². The predicted molar refractivity (Wildman–Crippen MR) is 166 cm³/mol. The summed E-state index contributed by atoms with van der Waals surface area (Å²) in [5.74, 6) is 1.05. The highest BCUT2D eigenvalue weighted by Crippen LogP contribution is 2.34. The SMILES string of the molecule is C=CCn1c(=O)c2cnc(Nc3cc4c(c(-c5cccnc5)c3)CCN(C)C4)nc2n1-c1cccc(N=S(C)(C)=O)n1. The quantitative estimate of drug-likeness (QED) is 0.282. The predicted octanol–water partition coefficient (Wildman–Crippen LogP) is 4.32. The van der Waals surface area contributed by atoms with Gasteiger partial charge in [0, 0.05) is 65.2 Å². The molecule has 0 amide bonds. The fourth-order valence-corrected chi connectivity index (χ4v) is 5.79. The van der Waals surface area contributed by atoms with Gasteiger partial charge in [-0.1, -0.05) is 18.2 Å². The van der Waals surface area contributed by atoms with Gasteiger partial charge in [0.2, 0.25) is 5.95 Å². The molecule has 0 radical (unpaired) electrons. The van der Waals surface area contributed by atoms with E-state index in [0.29, 0.717) is 28.6 Å². The first-order valence-electron chi connectivity index (χ1n) is 13.5. The highest BCUT2D eigenvalue weighted by molar-refractivity contribution is 7.92. The van der Waals surface area contributed by atoms with Gasteiger partial charge in [0.05, 0.1) is 6.54 Å². The highest BCUT2D eigenvalue weighted by Gasteiger charge is 2.21. The van der Waals surface area contributed by atoms with E-state index < -0.39 is 9.73 Å². The van der Waals surface area contributed by atoms with Crippen molar-refractivity contribution in [2.75, 3.05) is 31.4 Å². The molecule has 1 aliphatic heterocycles. The number of allylic oxidation sites excluding steroid dienone is 1. The van der Waals surface area contributed by atoms with Gasteiger partial charge in [0.1, 0.15) is 5.39 Å². The van der Waals surface area contributed by atoms with E-state index in [4.69, 9.17) is 4.98 Å². The lowest BCUT2D eigenvalue weighted by Crippen LogP contribution is -2.27. The van der Waals surface area contributed by atoms with Crippen LogP contribution in [-0.4, -0.2) is 64.5 Å². The number of pyridine rings is 2. The zero-order valence-electron chi connectivity index (χ0n) is 23.7. The van der Waals surface area contributed by atoms with Crippen LogP contribution >= 0.6 is 0 Å². The molecule has 0 atom stereocenters. The van der Waals surface area contributed by atoms with Crippen LogP contribution in [0.25, 0.3) is 28.0 Å². The van der Waals surface area contributed by atoms with E-state index in [0.717, 1.165) is 36.3 Å². The number of nitrogens with one attached hydrogen (secondary N) is 1. The van der Waals surface area contributed by atoms with E-state index in [2.05, 4.69) is 61.4 Å².